The highest BCUT2D eigenvalue weighted by Gasteiger charge is 2.23. The molecule has 0 saturated heterocycles. The third kappa shape index (κ3) is 4.15. The summed E-state index contributed by atoms with van der Waals surface area (Å²) in [5.74, 6) is -4.59. The van der Waals surface area contributed by atoms with Gasteiger partial charge < -0.3 is 5.32 Å². The molecule has 116 valence electrons. The summed E-state index contributed by atoms with van der Waals surface area (Å²) in [6, 6.07) is 1.83. The summed E-state index contributed by atoms with van der Waals surface area (Å²) in [5.41, 5.74) is -0.324. The minimum atomic E-state index is -1.57. The van der Waals surface area contributed by atoms with Gasteiger partial charge in [-0.15, -0.1) is 11.8 Å². The van der Waals surface area contributed by atoms with Crippen LogP contribution in [0, 0.1) is 17.5 Å². The zero-order chi connectivity index (χ0) is 15.4. The Balaban J connectivity index is 1.95. The summed E-state index contributed by atoms with van der Waals surface area (Å²) in [5, 5.41) is 2.40. The average molecular weight is 317 g/mol. The smallest absolute Gasteiger partial charge is 0.237 e. The molecule has 0 aliphatic heterocycles. The van der Waals surface area contributed by atoms with E-state index in [0.717, 1.165) is 25.0 Å². The van der Waals surface area contributed by atoms with Gasteiger partial charge in [0, 0.05) is 5.25 Å². The van der Waals surface area contributed by atoms with Gasteiger partial charge in [-0.25, -0.2) is 13.2 Å². The van der Waals surface area contributed by atoms with E-state index in [1.54, 1.807) is 18.7 Å². The maximum Gasteiger partial charge on any atom is 0.237 e. The number of amides is 1. The normalized spacial score (nSPS) is 17.5. The van der Waals surface area contributed by atoms with Crippen LogP contribution >= 0.6 is 11.8 Å². The van der Waals surface area contributed by atoms with Crippen molar-refractivity contribution >= 4 is 23.4 Å². The Kier molecular flexibility index (Phi) is 5.56. The van der Waals surface area contributed by atoms with Crippen LogP contribution in [-0.2, 0) is 4.79 Å². The molecule has 0 bridgehead atoms. The molecule has 6 heteroatoms. The minimum absolute atomic E-state index is 0.324. The Morgan fingerprint density at radius 1 is 1.19 bits per heavy atom. The molecular weight excluding hydrogens is 299 g/mol. The lowest BCUT2D eigenvalue weighted by Crippen LogP contribution is -2.26. The third-order valence-electron chi connectivity index (χ3n) is 3.61. The van der Waals surface area contributed by atoms with E-state index in [2.05, 4.69) is 5.32 Å². The number of nitrogens with one attached hydrogen (secondary N) is 1. The van der Waals surface area contributed by atoms with Crippen molar-refractivity contribution in [3.05, 3.63) is 29.6 Å². The highest BCUT2D eigenvalue weighted by atomic mass is 32.2. The fraction of sp³-hybridized carbons (Fsp3) is 0.533. The molecule has 2 nitrogen and oxygen atoms in total. The molecular formula is C15H18F3NOS. The summed E-state index contributed by atoms with van der Waals surface area (Å²) in [6.07, 6.45) is 5.75. The molecule has 0 heterocycles. The van der Waals surface area contributed by atoms with Crippen molar-refractivity contribution in [2.75, 3.05) is 5.32 Å². The summed E-state index contributed by atoms with van der Waals surface area (Å²) >= 11 is 1.56. The minimum Gasteiger partial charge on any atom is -0.323 e. The summed E-state index contributed by atoms with van der Waals surface area (Å²) in [6.45, 7) is 1.74. The van der Waals surface area contributed by atoms with Crippen LogP contribution in [0.3, 0.4) is 0 Å². The molecule has 1 aliphatic rings. The molecule has 0 radical (unpaired) electrons. The molecule has 1 saturated carbocycles. The van der Waals surface area contributed by atoms with E-state index in [1.807, 2.05) is 0 Å². The van der Waals surface area contributed by atoms with Crippen LogP contribution in [0.25, 0.3) is 0 Å². The lowest BCUT2D eigenvalue weighted by atomic mass is 10.0. The van der Waals surface area contributed by atoms with E-state index in [-0.39, 0.29) is 10.9 Å². The maximum atomic E-state index is 13.5. The monoisotopic (exact) mass is 317 g/mol. The number of hydrogen-bond donors (Lipinski definition) is 1. The van der Waals surface area contributed by atoms with Crippen molar-refractivity contribution in [2.24, 2.45) is 0 Å². The van der Waals surface area contributed by atoms with E-state index in [9.17, 15) is 18.0 Å². The van der Waals surface area contributed by atoms with Crippen molar-refractivity contribution < 1.29 is 18.0 Å². The Hall–Kier alpha value is -1.17. The largest absolute Gasteiger partial charge is 0.323 e. The molecule has 1 atom stereocenters. The summed E-state index contributed by atoms with van der Waals surface area (Å²) in [4.78, 5) is 12.0. The van der Waals surface area contributed by atoms with Crippen molar-refractivity contribution in [1.82, 2.24) is 0 Å². The second-order valence-corrected chi connectivity index (χ2v) is 6.90. The first kappa shape index (κ1) is 16.2. The highest BCUT2D eigenvalue weighted by Crippen LogP contribution is 2.31. The van der Waals surface area contributed by atoms with Gasteiger partial charge >= 0.3 is 0 Å². The molecule has 1 aromatic carbocycles. The Morgan fingerprint density at radius 3 is 2.52 bits per heavy atom. The number of halogens is 3. The topological polar surface area (TPSA) is 29.1 Å². The number of rotatable bonds is 4. The second-order valence-electron chi connectivity index (χ2n) is 5.25. The molecule has 21 heavy (non-hydrogen) atoms. The van der Waals surface area contributed by atoms with Gasteiger partial charge in [0.25, 0.3) is 0 Å². The molecule has 0 unspecified atom stereocenters. The van der Waals surface area contributed by atoms with Gasteiger partial charge in [-0.05, 0) is 31.9 Å². The molecule has 1 fully saturated rings. The van der Waals surface area contributed by atoms with Gasteiger partial charge in [-0.1, -0.05) is 19.3 Å². The first-order chi connectivity index (χ1) is 9.99. The Bertz CT molecular complexity index is 518. The van der Waals surface area contributed by atoms with Crippen molar-refractivity contribution in [3.8, 4) is 0 Å². The standard InChI is InChI=1S/C15H18F3NOS/c1-9(21-10-5-3-2-4-6-10)15(20)19-12-8-7-11(16)13(17)14(12)18/h7-10H,2-6H2,1H3,(H,19,20)/t9-/m0/s1. The van der Waals surface area contributed by atoms with E-state index >= 15 is 0 Å². The lowest BCUT2D eigenvalue weighted by Gasteiger charge is -2.23. The average Bonchev–Trinajstić information content (AvgIpc) is 2.48. The first-order valence-electron chi connectivity index (χ1n) is 7.09. The molecule has 2 rings (SSSR count). The summed E-state index contributed by atoms with van der Waals surface area (Å²) < 4.78 is 39.4. The number of benzene rings is 1. The number of anilines is 1. The predicted octanol–water partition coefficient (Wildman–Crippen LogP) is 4.50. The van der Waals surface area contributed by atoms with E-state index in [4.69, 9.17) is 0 Å². The van der Waals surface area contributed by atoms with Gasteiger partial charge in [-0.2, -0.15) is 0 Å². The number of carbonyl (C=O) groups is 1. The van der Waals surface area contributed by atoms with Gasteiger partial charge in [0.15, 0.2) is 17.5 Å². The zero-order valence-electron chi connectivity index (χ0n) is 11.8. The molecule has 1 aliphatic carbocycles. The van der Waals surface area contributed by atoms with Crippen LogP contribution in [0.15, 0.2) is 12.1 Å². The number of hydrogen-bond acceptors (Lipinski definition) is 2. The van der Waals surface area contributed by atoms with Crippen LogP contribution in [0.5, 0.6) is 0 Å². The third-order valence-corrected chi connectivity index (χ3v) is 5.09. The van der Waals surface area contributed by atoms with Crippen molar-refractivity contribution in [1.29, 1.82) is 0 Å². The molecule has 1 N–H and O–H groups in total. The maximum absolute atomic E-state index is 13.5. The van der Waals surface area contributed by atoms with Crippen LogP contribution in [0.1, 0.15) is 39.0 Å². The lowest BCUT2D eigenvalue weighted by molar-refractivity contribution is -0.115. The highest BCUT2D eigenvalue weighted by molar-refractivity contribution is 8.01. The number of carbonyl (C=O) groups excluding carboxylic acids is 1. The first-order valence-corrected chi connectivity index (χ1v) is 8.03. The van der Waals surface area contributed by atoms with Crippen LogP contribution in [0.4, 0.5) is 18.9 Å². The SMILES string of the molecule is C[C@H](SC1CCCCC1)C(=O)Nc1ccc(F)c(F)c1F. The Morgan fingerprint density at radius 2 is 1.86 bits per heavy atom. The van der Waals surface area contributed by atoms with Gasteiger partial charge in [0.2, 0.25) is 5.91 Å². The Labute approximate surface area is 126 Å². The van der Waals surface area contributed by atoms with E-state index in [0.29, 0.717) is 5.25 Å². The number of thioether (sulfide) groups is 1. The van der Waals surface area contributed by atoms with E-state index in [1.165, 1.54) is 19.3 Å². The quantitative estimate of drug-likeness (QED) is 0.829. The predicted molar refractivity (Wildman–Crippen MR) is 78.9 cm³/mol. The van der Waals surface area contributed by atoms with Crippen molar-refractivity contribution in [2.45, 2.75) is 49.5 Å². The van der Waals surface area contributed by atoms with Gasteiger partial charge in [-0.3, -0.25) is 4.79 Å². The van der Waals surface area contributed by atoms with Gasteiger partial charge in [0.05, 0.1) is 10.9 Å². The van der Waals surface area contributed by atoms with Gasteiger partial charge in [0.1, 0.15) is 0 Å². The fourth-order valence-corrected chi connectivity index (χ4v) is 3.77. The molecule has 0 aromatic heterocycles. The van der Waals surface area contributed by atoms with Crippen molar-refractivity contribution in [3.63, 3.8) is 0 Å². The molecule has 1 aromatic rings. The molecule has 0 spiro atoms. The second kappa shape index (κ2) is 7.20. The molecule has 1 amide bonds. The van der Waals surface area contributed by atoms with Crippen LogP contribution < -0.4 is 5.32 Å². The fourth-order valence-electron chi connectivity index (χ4n) is 2.41. The van der Waals surface area contributed by atoms with E-state index < -0.39 is 23.4 Å². The van der Waals surface area contributed by atoms with Crippen LogP contribution in [0.2, 0.25) is 0 Å². The zero-order valence-corrected chi connectivity index (χ0v) is 12.6. The summed E-state index contributed by atoms with van der Waals surface area (Å²) in [7, 11) is 0. The van der Waals surface area contributed by atoms with Crippen LogP contribution in [-0.4, -0.2) is 16.4 Å².